The number of pyridine rings is 1. The van der Waals surface area contributed by atoms with Gasteiger partial charge in [-0.3, -0.25) is 28.1 Å². The molecule has 0 spiro atoms. The number of fused-ring (bicyclic) bond motifs is 1. The van der Waals surface area contributed by atoms with Gasteiger partial charge in [-0.05, 0) is 24.3 Å². The Morgan fingerprint density at radius 1 is 0.871 bits per heavy atom. The van der Waals surface area contributed by atoms with Crippen molar-refractivity contribution in [3.8, 4) is 0 Å². The molecule has 9 nitrogen and oxygen atoms in total. The molecule has 1 amide bonds. The Kier molecular flexibility index (Phi) is 5.22. The summed E-state index contributed by atoms with van der Waals surface area (Å²) in [6.45, 7) is 2.08. The van der Waals surface area contributed by atoms with Gasteiger partial charge in [0.1, 0.15) is 5.65 Å². The predicted octanol–water partition coefficient (Wildman–Crippen LogP) is 0.552. The summed E-state index contributed by atoms with van der Waals surface area (Å²) in [4.78, 5) is 54.8. The Morgan fingerprint density at radius 3 is 2.10 bits per heavy atom. The Labute approximate surface area is 182 Å². The van der Waals surface area contributed by atoms with E-state index in [1.807, 2.05) is 24.3 Å². The largest absolute Gasteiger partial charge is 0.368 e. The lowest BCUT2D eigenvalue weighted by Crippen LogP contribution is -2.49. The van der Waals surface area contributed by atoms with Gasteiger partial charge in [-0.25, -0.2) is 4.79 Å². The second kappa shape index (κ2) is 7.73. The van der Waals surface area contributed by atoms with Crippen molar-refractivity contribution in [3.63, 3.8) is 0 Å². The van der Waals surface area contributed by atoms with E-state index in [0.717, 1.165) is 10.3 Å². The van der Waals surface area contributed by atoms with Gasteiger partial charge in [0.05, 0.1) is 10.9 Å². The zero-order chi connectivity index (χ0) is 22.4. The number of halogens is 1. The Bertz CT molecular complexity index is 1360. The minimum Gasteiger partial charge on any atom is -0.368 e. The smallest absolute Gasteiger partial charge is 0.332 e. The maximum absolute atomic E-state index is 13.3. The van der Waals surface area contributed by atoms with E-state index in [0.29, 0.717) is 31.2 Å². The van der Waals surface area contributed by atoms with Gasteiger partial charge in [-0.2, -0.15) is 0 Å². The second-order valence-electron chi connectivity index (χ2n) is 7.62. The fourth-order valence-electron chi connectivity index (χ4n) is 4.02. The van der Waals surface area contributed by atoms with Crippen LogP contribution in [0.3, 0.4) is 0 Å². The summed E-state index contributed by atoms with van der Waals surface area (Å²) in [6, 6.07) is 8.68. The average molecular weight is 444 g/mol. The molecule has 1 aliphatic heterocycles. The van der Waals surface area contributed by atoms with Crippen LogP contribution in [0.5, 0.6) is 0 Å². The van der Waals surface area contributed by atoms with Crippen LogP contribution in [0.15, 0.2) is 44.7 Å². The highest BCUT2D eigenvalue weighted by Crippen LogP contribution is 2.21. The van der Waals surface area contributed by atoms with Gasteiger partial charge in [-0.15, -0.1) is 0 Å². The van der Waals surface area contributed by atoms with E-state index in [4.69, 9.17) is 11.6 Å². The molecule has 0 unspecified atom stereocenters. The number of carbonyl (C=O) groups is 1. The number of benzene rings is 1. The van der Waals surface area contributed by atoms with Crippen LogP contribution >= 0.6 is 11.6 Å². The maximum atomic E-state index is 13.3. The van der Waals surface area contributed by atoms with Crippen molar-refractivity contribution in [2.75, 3.05) is 31.1 Å². The second-order valence-corrected chi connectivity index (χ2v) is 8.05. The fraction of sp³-hybridized carbons (Fsp3) is 0.333. The molecule has 0 bridgehead atoms. The highest BCUT2D eigenvalue weighted by Gasteiger charge is 2.27. The average Bonchev–Trinajstić information content (AvgIpc) is 2.78. The van der Waals surface area contributed by atoms with Crippen molar-refractivity contribution in [2.24, 2.45) is 21.1 Å². The van der Waals surface area contributed by atoms with E-state index in [9.17, 15) is 19.2 Å². The fourth-order valence-corrected chi connectivity index (χ4v) is 4.14. The van der Waals surface area contributed by atoms with Crippen LogP contribution in [0.2, 0.25) is 5.02 Å². The zero-order valence-corrected chi connectivity index (χ0v) is 18.2. The predicted molar refractivity (Wildman–Crippen MR) is 119 cm³/mol. The van der Waals surface area contributed by atoms with E-state index >= 15 is 0 Å². The summed E-state index contributed by atoms with van der Waals surface area (Å²) in [6.07, 6.45) is 0. The highest BCUT2D eigenvalue weighted by atomic mass is 35.5. The van der Waals surface area contributed by atoms with Crippen LogP contribution in [0.25, 0.3) is 11.0 Å². The number of amides is 1. The Morgan fingerprint density at radius 2 is 1.48 bits per heavy atom. The lowest BCUT2D eigenvalue weighted by molar-refractivity contribution is 0.0748. The summed E-state index contributed by atoms with van der Waals surface area (Å²) in [5, 5.41) is 0.725. The Hall–Kier alpha value is -3.33. The minimum absolute atomic E-state index is 0.0224. The zero-order valence-electron chi connectivity index (χ0n) is 17.5. The van der Waals surface area contributed by atoms with Crippen molar-refractivity contribution < 1.29 is 4.79 Å². The molecule has 3 aromatic rings. The van der Waals surface area contributed by atoms with Crippen LogP contribution in [0.4, 0.5) is 5.69 Å². The number of anilines is 1. The molecule has 0 saturated carbocycles. The van der Waals surface area contributed by atoms with Gasteiger partial charge in [0, 0.05) is 64.1 Å². The number of carbonyl (C=O) groups excluding carboxylic acids is 1. The topological polar surface area (TPSA) is 89.6 Å². The first-order valence-electron chi connectivity index (χ1n) is 9.80. The molecular formula is C21H22ClN5O4. The summed E-state index contributed by atoms with van der Waals surface area (Å²) in [5.41, 5.74) is -0.457. The number of aromatic nitrogens is 3. The van der Waals surface area contributed by atoms with Gasteiger partial charge in [-0.1, -0.05) is 11.6 Å². The first-order valence-corrected chi connectivity index (χ1v) is 10.2. The van der Waals surface area contributed by atoms with Crippen LogP contribution in [-0.2, 0) is 21.1 Å². The Balaban J connectivity index is 1.71. The van der Waals surface area contributed by atoms with Crippen molar-refractivity contribution in [1.82, 2.24) is 18.6 Å². The van der Waals surface area contributed by atoms with Crippen molar-refractivity contribution >= 4 is 34.2 Å². The molecule has 0 N–H and O–H groups in total. The lowest BCUT2D eigenvalue weighted by Gasteiger charge is -2.36. The SMILES string of the molecule is Cn1c(=O)c2c(C(=O)N3CCN(c4ccc(Cl)cc4)CC3)cc(=O)n(C)c2n(C)c1=O. The summed E-state index contributed by atoms with van der Waals surface area (Å²) < 4.78 is 3.38. The van der Waals surface area contributed by atoms with Crippen molar-refractivity contribution in [1.29, 1.82) is 0 Å². The molecular weight excluding hydrogens is 422 g/mol. The third-order valence-electron chi connectivity index (χ3n) is 5.81. The third kappa shape index (κ3) is 3.44. The number of hydrogen-bond donors (Lipinski definition) is 0. The summed E-state index contributed by atoms with van der Waals surface area (Å²) >= 11 is 5.95. The number of nitrogens with zero attached hydrogens (tertiary/aromatic N) is 5. The first kappa shape index (κ1) is 20.9. The molecule has 31 heavy (non-hydrogen) atoms. The van der Waals surface area contributed by atoms with Gasteiger partial charge in [0.2, 0.25) is 0 Å². The molecule has 1 fully saturated rings. The molecule has 4 rings (SSSR count). The van der Waals surface area contributed by atoms with E-state index in [-0.39, 0.29) is 16.6 Å². The van der Waals surface area contributed by atoms with Crippen molar-refractivity contribution in [3.05, 3.63) is 72.1 Å². The number of piperazine rings is 1. The first-order chi connectivity index (χ1) is 14.7. The molecule has 1 aliphatic rings. The molecule has 0 radical (unpaired) electrons. The normalized spacial score (nSPS) is 14.3. The number of aryl methyl sites for hydroxylation is 2. The monoisotopic (exact) mass is 443 g/mol. The summed E-state index contributed by atoms with van der Waals surface area (Å²) in [5.74, 6) is -0.394. The molecule has 0 aliphatic carbocycles. The highest BCUT2D eigenvalue weighted by molar-refractivity contribution is 6.30. The molecule has 1 aromatic carbocycles. The van der Waals surface area contributed by atoms with Crippen LogP contribution in [-0.4, -0.2) is 50.7 Å². The van der Waals surface area contributed by atoms with E-state index in [1.54, 1.807) is 4.90 Å². The van der Waals surface area contributed by atoms with Gasteiger partial charge < -0.3 is 9.80 Å². The van der Waals surface area contributed by atoms with Gasteiger partial charge >= 0.3 is 5.69 Å². The quantitative estimate of drug-likeness (QED) is 0.577. The molecule has 0 atom stereocenters. The van der Waals surface area contributed by atoms with Crippen LogP contribution < -0.4 is 21.7 Å². The van der Waals surface area contributed by atoms with E-state index < -0.39 is 22.7 Å². The molecule has 2 aromatic heterocycles. The number of rotatable bonds is 2. The molecule has 3 heterocycles. The van der Waals surface area contributed by atoms with E-state index in [2.05, 4.69) is 4.90 Å². The molecule has 162 valence electrons. The maximum Gasteiger partial charge on any atom is 0.332 e. The van der Waals surface area contributed by atoms with Gasteiger partial charge in [0.15, 0.2) is 0 Å². The minimum atomic E-state index is -0.600. The lowest BCUT2D eigenvalue weighted by atomic mass is 10.1. The van der Waals surface area contributed by atoms with Crippen LogP contribution in [0.1, 0.15) is 10.4 Å². The van der Waals surface area contributed by atoms with Crippen LogP contribution in [0, 0.1) is 0 Å². The molecule has 10 heteroatoms. The van der Waals surface area contributed by atoms with Crippen molar-refractivity contribution in [2.45, 2.75) is 0 Å². The summed E-state index contributed by atoms with van der Waals surface area (Å²) in [7, 11) is 4.31. The number of hydrogen-bond acceptors (Lipinski definition) is 5. The third-order valence-corrected chi connectivity index (χ3v) is 6.06. The van der Waals surface area contributed by atoms with Gasteiger partial charge in [0.25, 0.3) is 17.0 Å². The standard InChI is InChI=1S/C21H22ClN5O4/c1-23-16(28)12-15(17-18(23)24(2)21(31)25(3)20(17)30)19(29)27-10-8-26(9-11-27)14-6-4-13(22)5-7-14/h4-7,12H,8-11H2,1-3H3. The molecule has 1 saturated heterocycles. The van der Waals surface area contributed by atoms with E-state index in [1.165, 1.54) is 36.3 Å².